The summed E-state index contributed by atoms with van der Waals surface area (Å²) in [6.45, 7) is 1.58. The van der Waals surface area contributed by atoms with Crippen molar-refractivity contribution in [1.29, 1.82) is 0 Å². The lowest BCUT2D eigenvalue weighted by Gasteiger charge is -2.23. The number of carbonyl (C=O) groups excluding carboxylic acids is 1. The van der Waals surface area contributed by atoms with Crippen LogP contribution >= 0.6 is 11.3 Å². The lowest BCUT2D eigenvalue weighted by atomic mass is 9.92. The van der Waals surface area contributed by atoms with E-state index in [9.17, 15) is 13.2 Å². The van der Waals surface area contributed by atoms with Crippen molar-refractivity contribution in [3.63, 3.8) is 0 Å². The van der Waals surface area contributed by atoms with Gasteiger partial charge in [0.05, 0.1) is 6.26 Å². The van der Waals surface area contributed by atoms with E-state index in [0.717, 1.165) is 17.6 Å². The monoisotopic (exact) mass is 341 g/mol. The average molecular weight is 341 g/mol. The van der Waals surface area contributed by atoms with Crippen LogP contribution in [0.4, 0.5) is 10.3 Å². The van der Waals surface area contributed by atoms with Crippen LogP contribution in [-0.2, 0) is 20.4 Å². The molecular formula is C12H15N5O3S2. The number of nitrogens with one attached hydrogen (secondary N) is 2. The minimum atomic E-state index is -3.44. The number of anilines is 2. The Morgan fingerprint density at radius 2 is 1.82 bits per heavy atom. The van der Waals surface area contributed by atoms with Gasteiger partial charge in [0.25, 0.3) is 5.91 Å². The molecule has 2 aromatic rings. The Kier molecular flexibility index (Phi) is 4.44. The molecule has 1 atom stereocenters. The van der Waals surface area contributed by atoms with Gasteiger partial charge in [0.15, 0.2) is 0 Å². The summed E-state index contributed by atoms with van der Waals surface area (Å²) in [6, 6.07) is 8.89. The summed E-state index contributed by atoms with van der Waals surface area (Å²) in [5, 5.41) is 10.1. The molecule has 0 saturated carbocycles. The topological polar surface area (TPSA) is 127 Å². The zero-order valence-corrected chi connectivity index (χ0v) is 13.5. The first-order chi connectivity index (χ1) is 10.2. The summed E-state index contributed by atoms with van der Waals surface area (Å²) in [7, 11) is -3.44. The molecule has 10 heteroatoms. The summed E-state index contributed by atoms with van der Waals surface area (Å²) >= 11 is 0.899. The van der Waals surface area contributed by atoms with Gasteiger partial charge >= 0.3 is 0 Å². The van der Waals surface area contributed by atoms with Crippen LogP contribution in [0, 0.1) is 0 Å². The Morgan fingerprint density at radius 3 is 2.41 bits per heavy atom. The third kappa shape index (κ3) is 4.00. The van der Waals surface area contributed by atoms with Gasteiger partial charge in [-0.15, -0.1) is 10.2 Å². The Bertz CT molecular complexity index is 771. The molecule has 1 heterocycles. The van der Waals surface area contributed by atoms with E-state index in [0.29, 0.717) is 5.56 Å². The molecule has 0 aliphatic rings. The molecule has 0 saturated heterocycles. The summed E-state index contributed by atoms with van der Waals surface area (Å²) in [5.41, 5.74) is 5.46. The van der Waals surface area contributed by atoms with E-state index < -0.39 is 21.5 Å². The van der Waals surface area contributed by atoms with E-state index in [-0.39, 0.29) is 10.3 Å². The Labute approximate surface area is 131 Å². The van der Waals surface area contributed by atoms with Gasteiger partial charge in [0.1, 0.15) is 5.54 Å². The van der Waals surface area contributed by atoms with Crippen molar-refractivity contribution in [3.05, 3.63) is 35.9 Å². The number of nitrogens with two attached hydrogens (primary N) is 1. The van der Waals surface area contributed by atoms with Crippen molar-refractivity contribution in [1.82, 2.24) is 10.2 Å². The number of sulfonamides is 1. The lowest BCUT2D eigenvalue weighted by molar-refractivity contribution is -0.120. The van der Waals surface area contributed by atoms with Crippen LogP contribution in [-0.4, -0.2) is 30.8 Å². The second-order valence-corrected chi connectivity index (χ2v) is 7.54. The Balaban J connectivity index is 2.12. The molecular weight excluding hydrogens is 326 g/mol. The molecule has 1 aromatic heterocycles. The predicted molar refractivity (Wildman–Crippen MR) is 85.0 cm³/mol. The number of amides is 1. The molecule has 0 aliphatic carbocycles. The molecule has 0 bridgehead atoms. The van der Waals surface area contributed by atoms with Gasteiger partial charge in [-0.3, -0.25) is 14.8 Å². The molecule has 0 aliphatic heterocycles. The summed E-state index contributed by atoms with van der Waals surface area (Å²) in [6.07, 6.45) is 0.999. The maximum atomic E-state index is 12.3. The smallest absolute Gasteiger partial charge is 0.250 e. The second-order valence-electron chi connectivity index (χ2n) is 4.81. The third-order valence-corrected chi connectivity index (χ3v) is 4.21. The second kappa shape index (κ2) is 5.99. The molecule has 22 heavy (non-hydrogen) atoms. The quantitative estimate of drug-likeness (QED) is 0.735. The van der Waals surface area contributed by atoms with Gasteiger partial charge in [0, 0.05) is 0 Å². The van der Waals surface area contributed by atoms with Gasteiger partial charge in [-0.05, 0) is 12.5 Å². The van der Waals surface area contributed by atoms with Gasteiger partial charge in [-0.25, -0.2) is 8.42 Å². The maximum Gasteiger partial charge on any atom is 0.250 e. The first-order valence-corrected chi connectivity index (χ1v) is 8.86. The van der Waals surface area contributed by atoms with Crippen LogP contribution in [0.25, 0.3) is 0 Å². The number of aromatic nitrogens is 2. The molecule has 0 fully saturated rings. The lowest BCUT2D eigenvalue weighted by Crippen LogP contribution is -2.45. The van der Waals surface area contributed by atoms with Crippen LogP contribution in [0.3, 0.4) is 0 Å². The highest BCUT2D eigenvalue weighted by atomic mass is 32.2. The average Bonchev–Trinajstić information content (AvgIpc) is 2.84. The number of rotatable bonds is 5. The zero-order chi connectivity index (χ0) is 16.4. The van der Waals surface area contributed by atoms with Crippen molar-refractivity contribution in [2.75, 3.05) is 16.3 Å². The fourth-order valence-corrected chi connectivity index (χ4v) is 3.08. The van der Waals surface area contributed by atoms with Crippen LogP contribution in [0.15, 0.2) is 30.3 Å². The highest BCUT2D eigenvalue weighted by Crippen LogP contribution is 2.24. The predicted octanol–water partition coefficient (Wildman–Crippen LogP) is 0.722. The van der Waals surface area contributed by atoms with E-state index in [1.165, 1.54) is 0 Å². The number of carbonyl (C=O) groups is 1. The molecule has 1 unspecified atom stereocenters. The summed E-state index contributed by atoms with van der Waals surface area (Å²) in [4.78, 5) is 12.3. The van der Waals surface area contributed by atoms with Crippen molar-refractivity contribution >= 4 is 37.5 Å². The van der Waals surface area contributed by atoms with Gasteiger partial charge in [0.2, 0.25) is 20.3 Å². The minimum Gasteiger partial charge on any atom is -0.314 e. The van der Waals surface area contributed by atoms with Gasteiger partial charge < -0.3 is 5.73 Å². The van der Waals surface area contributed by atoms with E-state index in [4.69, 9.17) is 5.73 Å². The molecule has 0 spiro atoms. The Morgan fingerprint density at radius 1 is 1.23 bits per heavy atom. The van der Waals surface area contributed by atoms with Crippen molar-refractivity contribution in [2.45, 2.75) is 12.5 Å². The van der Waals surface area contributed by atoms with E-state index >= 15 is 0 Å². The molecule has 4 N–H and O–H groups in total. The van der Waals surface area contributed by atoms with Gasteiger partial charge in [-0.2, -0.15) is 0 Å². The molecule has 118 valence electrons. The largest absolute Gasteiger partial charge is 0.314 e. The first-order valence-electron chi connectivity index (χ1n) is 6.15. The fourth-order valence-electron chi connectivity index (χ4n) is 1.62. The molecule has 8 nitrogen and oxygen atoms in total. The number of nitrogens with zero attached hydrogens (tertiary/aromatic N) is 2. The standard InChI is InChI=1S/C12H15N5O3S2/c1-12(13,8-6-4-3-5-7-8)9(18)14-10-15-16-11(21-10)17-22(2,19)20/h3-7H,13H2,1-2H3,(H,16,17)(H,14,15,18). The van der Waals surface area contributed by atoms with Crippen LogP contribution in [0.5, 0.6) is 0 Å². The van der Waals surface area contributed by atoms with Crippen molar-refractivity contribution in [2.24, 2.45) is 5.73 Å². The van der Waals surface area contributed by atoms with Crippen LogP contribution in [0.2, 0.25) is 0 Å². The number of hydrogen-bond acceptors (Lipinski definition) is 7. The number of hydrogen-bond donors (Lipinski definition) is 3. The van der Waals surface area contributed by atoms with Crippen LogP contribution in [0.1, 0.15) is 12.5 Å². The van der Waals surface area contributed by atoms with E-state index in [1.54, 1.807) is 31.2 Å². The highest BCUT2D eigenvalue weighted by Gasteiger charge is 2.31. The minimum absolute atomic E-state index is 0.0660. The van der Waals surface area contributed by atoms with E-state index in [2.05, 4.69) is 20.2 Å². The highest BCUT2D eigenvalue weighted by molar-refractivity contribution is 7.92. The van der Waals surface area contributed by atoms with Gasteiger partial charge in [-0.1, -0.05) is 41.7 Å². The normalized spacial score (nSPS) is 14.1. The summed E-state index contributed by atoms with van der Waals surface area (Å²) in [5.74, 6) is -0.472. The van der Waals surface area contributed by atoms with Crippen molar-refractivity contribution in [3.8, 4) is 0 Å². The summed E-state index contributed by atoms with van der Waals surface area (Å²) < 4.78 is 24.4. The first kappa shape index (κ1) is 16.3. The molecule has 1 aromatic carbocycles. The zero-order valence-electron chi connectivity index (χ0n) is 11.9. The fraction of sp³-hybridized carbons (Fsp3) is 0.250. The maximum absolute atomic E-state index is 12.3. The molecule has 0 radical (unpaired) electrons. The SMILES string of the molecule is CC(N)(C(=O)Nc1nnc(NS(C)(=O)=O)s1)c1ccccc1. The van der Waals surface area contributed by atoms with E-state index in [1.807, 2.05) is 6.07 Å². The Hall–Kier alpha value is -2.04. The molecule has 2 rings (SSSR count). The number of benzene rings is 1. The van der Waals surface area contributed by atoms with Crippen LogP contribution < -0.4 is 15.8 Å². The third-order valence-electron chi connectivity index (χ3n) is 2.76. The molecule has 1 amide bonds. The van der Waals surface area contributed by atoms with Crippen molar-refractivity contribution < 1.29 is 13.2 Å².